The molecule has 4 nitrogen and oxygen atoms in total. The molecule has 3 atom stereocenters. The van der Waals surface area contributed by atoms with Crippen LogP contribution >= 0.6 is 0 Å². The van der Waals surface area contributed by atoms with Gasteiger partial charge in [0.05, 0.1) is 19.3 Å². The molecule has 0 spiro atoms. The third-order valence-electron chi connectivity index (χ3n) is 4.54. The average Bonchev–Trinajstić information content (AvgIpc) is 2.92. The fourth-order valence-corrected chi connectivity index (χ4v) is 2.96. The highest BCUT2D eigenvalue weighted by Gasteiger charge is 2.32. The monoisotopic (exact) mass is 306 g/mol. The van der Waals surface area contributed by atoms with Crippen LogP contribution in [0.4, 0.5) is 0 Å². The average molecular weight is 306 g/mol. The lowest BCUT2D eigenvalue weighted by atomic mass is 9.91. The Kier molecular flexibility index (Phi) is 7.16. The van der Waals surface area contributed by atoms with E-state index in [1.807, 2.05) is 12.1 Å². The second-order valence-electron chi connectivity index (χ2n) is 6.25. The van der Waals surface area contributed by atoms with Gasteiger partial charge in [0.1, 0.15) is 5.75 Å². The number of hydrogen-bond acceptors (Lipinski definition) is 4. The summed E-state index contributed by atoms with van der Waals surface area (Å²) in [5.41, 5.74) is 7.64. The van der Waals surface area contributed by atoms with Crippen molar-refractivity contribution in [1.82, 2.24) is 10.9 Å². The van der Waals surface area contributed by atoms with Crippen molar-refractivity contribution in [3.8, 4) is 5.75 Å². The molecule has 1 saturated heterocycles. The van der Waals surface area contributed by atoms with Crippen LogP contribution in [-0.4, -0.2) is 24.4 Å². The first-order chi connectivity index (χ1) is 10.8. The zero-order valence-electron chi connectivity index (χ0n) is 13.8. The van der Waals surface area contributed by atoms with Crippen LogP contribution in [0.15, 0.2) is 24.3 Å². The molecule has 0 aromatic heterocycles. The van der Waals surface area contributed by atoms with Gasteiger partial charge in [0, 0.05) is 6.04 Å². The highest BCUT2D eigenvalue weighted by Crippen LogP contribution is 2.29. The predicted molar refractivity (Wildman–Crippen MR) is 89.7 cm³/mol. The van der Waals surface area contributed by atoms with E-state index in [0.29, 0.717) is 5.92 Å². The molecule has 3 unspecified atom stereocenters. The maximum atomic E-state index is 9.30. The molecule has 0 radical (unpaired) electrons. The van der Waals surface area contributed by atoms with E-state index in [2.05, 4.69) is 36.8 Å². The van der Waals surface area contributed by atoms with Crippen LogP contribution in [0.25, 0.3) is 0 Å². The molecule has 1 aliphatic heterocycles. The Morgan fingerprint density at radius 1 is 1.05 bits per heavy atom. The van der Waals surface area contributed by atoms with E-state index in [0.717, 1.165) is 18.8 Å². The lowest BCUT2D eigenvalue weighted by Gasteiger charge is -2.17. The van der Waals surface area contributed by atoms with Gasteiger partial charge in [0.2, 0.25) is 0 Å². The molecule has 1 aliphatic rings. The van der Waals surface area contributed by atoms with Gasteiger partial charge in [-0.2, -0.15) is 0 Å². The zero-order valence-corrected chi connectivity index (χ0v) is 13.8. The molecule has 1 fully saturated rings. The molecule has 2 rings (SSSR count). The van der Waals surface area contributed by atoms with Gasteiger partial charge < -0.3 is 9.84 Å². The van der Waals surface area contributed by atoms with E-state index in [1.54, 1.807) is 0 Å². The fraction of sp³-hybridized carbons (Fsp3) is 0.667. The Hall–Kier alpha value is -1.10. The zero-order chi connectivity index (χ0) is 15.8. The SMILES string of the molecule is CCCCCCCOc1ccc(C2NNC(CO)C2C)cc1. The van der Waals surface area contributed by atoms with Crippen molar-refractivity contribution in [3.63, 3.8) is 0 Å². The molecule has 124 valence electrons. The predicted octanol–water partition coefficient (Wildman–Crippen LogP) is 3.18. The fourth-order valence-electron chi connectivity index (χ4n) is 2.96. The number of hydrazine groups is 1. The number of rotatable bonds is 9. The number of aliphatic hydroxyl groups excluding tert-OH is 1. The molecule has 1 aromatic carbocycles. The van der Waals surface area contributed by atoms with Crippen LogP contribution in [0.2, 0.25) is 0 Å². The summed E-state index contributed by atoms with van der Waals surface area (Å²) < 4.78 is 5.80. The summed E-state index contributed by atoms with van der Waals surface area (Å²) in [6.45, 7) is 5.34. The van der Waals surface area contributed by atoms with E-state index in [-0.39, 0.29) is 18.7 Å². The highest BCUT2D eigenvalue weighted by atomic mass is 16.5. The minimum Gasteiger partial charge on any atom is -0.494 e. The second kappa shape index (κ2) is 9.13. The molecule has 1 aromatic rings. The van der Waals surface area contributed by atoms with Crippen molar-refractivity contribution < 1.29 is 9.84 Å². The van der Waals surface area contributed by atoms with Gasteiger partial charge in [0.25, 0.3) is 0 Å². The Labute approximate surface area is 134 Å². The molecule has 0 bridgehead atoms. The summed E-state index contributed by atoms with van der Waals surface area (Å²) >= 11 is 0. The normalized spacial score (nSPS) is 24.6. The maximum absolute atomic E-state index is 9.30. The molecular formula is C18H30N2O2. The van der Waals surface area contributed by atoms with Crippen molar-refractivity contribution in [1.29, 1.82) is 0 Å². The minimum absolute atomic E-state index is 0.115. The third kappa shape index (κ3) is 4.70. The van der Waals surface area contributed by atoms with Gasteiger partial charge in [-0.1, -0.05) is 51.7 Å². The van der Waals surface area contributed by atoms with Crippen LogP contribution < -0.4 is 15.6 Å². The summed E-state index contributed by atoms with van der Waals surface area (Å²) in [6.07, 6.45) is 6.30. The van der Waals surface area contributed by atoms with Crippen molar-refractivity contribution in [2.75, 3.05) is 13.2 Å². The Morgan fingerprint density at radius 3 is 2.41 bits per heavy atom. The van der Waals surface area contributed by atoms with Crippen molar-refractivity contribution in [2.45, 2.75) is 58.0 Å². The van der Waals surface area contributed by atoms with Crippen LogP contribution in [0, 0.1) is 5.92 Å². The van der Waals surface area contributed by atoms with Crippen molar-refractivity contribution >= 4 is 0 Å². The first kappa shape index (κ1) is 17.3. The summed E-state index contributed by atoms with van der Waals surface area (Å²) in [4.78, 5) is 0. The molecule has 3 N–H and O–H groups in total. The van der Waals surface area contributed by atoms with Gasteiger partial charge in [-0.25, -0.2) is 5.43 Å². The Bertz CT molecular complexity index is 422. The number of nitrogens with one attached hydrogen (secondary N) is 2. The second-order valence-corrected chi connectivity index (χ2v) is 6.25. The number of aliphatic hydroxyl groups is 1. The lowest BCUT2D eigenvalue weighted by molar-refractivity contribution is 0.228. The quantitative estimate of drug-likeness (QED) is 0.613. The molecular weight excluding hydrogens is 276 g/mol. The smallest absolute Gasteiger partial charge is 0.119 e. The first-order valence-electron chi connectivity index (χ1n) is 8.61. The number of unbranched alkanes of at least 4 members (excludes halogenated alkanes) is 4. The van der Waals surface area contributed by atoms with Gasteiger partial charge >= 0.3 is 0 Å². The van der Waals surface area contributed by atoms with E-state index < -0.39 is 0 Å². The van der Waals surface area contributed by atoms with Gasteiger partial charge in [-0.05, 0) is 30.0 Å². The van der Waals surface area contributed by atoms with Gasteiger partial charge in [-0.15, -0.1) is 0 Å². The first-order valence-corrected chi connectivity index (χ1v) is 8.61. The summed E-state index contributed by atoms with van der Waals surface area (Å²) in [7, 11) is 0. The Morgan fingerprint density at radius 2 is 1.77 bits per heavy atom. The molecule has 1 heterocycles. The molecule has 22 heavy (non-hydrogen) atoms. The minimum atomic E-state index is 0.115. The summed E-state index contributed by atoms with van der Waals surface area (Å²) in [5.74, 6) is 1.30. The van der Waals surface area contributed by atoms with Crippen molar-refractivity contribution in [2.24, 2.45) is 5.92 Å². The van der Waals surface area contributed by atoms with E-state index in [9.17, 15) is 5.11 Å². The molecule has 0 saturated carbocycles. The number of benzene rings is 1. The van der Waals surface area contributed by atoms with E-state index in [4.69, 9.17) is 4.74 Å². The molecule has 0 aliphatic carbocycles. The Balaban J connectivity index is 1.76. The van der Waals surface area contributed by atoms with Crippen LogP contribution in [0.1, 0.15) is 57.6 Å². The molecule has 0 amide bonds. The lowest BCUT2D eigenvalue weighted by Crippen LogP contribution is -2.34. The largest absolute Gasteiger partial charge is 0.494 e. The standard InChI is InChI=1S/C18H30N2O2/c1-3-4-5-6-7-12-22-16-10-8-15(9-11-16)18-14(2)17(13-21)19-20-18/h8-11,14,17-21H,3-7,12-13H2,1-2H3. The summed E-state index contributed by atoms with van der Waals surface area (Å²) in [6, 6.07) is 8.66. The van der Waals surface area contributed by atoms with Gasteiger partial charge in [0.15, 0.2) is 0 Å². The van der Waals surface area contributed by atoms with Crippen LogP contribution in [-0.2, 0) is 0 Å². The van der Waals surface area contributed by atoms with E-state index >= 15 is 0 Å². The van der Waals surface area contributed by atoms with Crippen LogP contribution in [0.5, 0.6) is 5.75 Å². The topological polar surface area (TPSA) is 53.5 Å². The number of ether oxygens (including phenoxy) is 1. The third-order valence-corrected chi connectivity index (χ3v) is 4.54. The van der Waals surface area contributed by atoms with E-state index in [1.165, 1.54) is 31.2 Å². The highest BCUT2D eigenvalue weighted by molar-refractivity contribution is 5.30. The van der Waals surface area contributed by atoms with Crippen molar-refractivity contribution in [3.05, 3.63) is 29.8 Å². The molecule has 4 heteroatoms. The summed E-state index contributed by atoms with van der Waals surface area (Å²) in [5, 5.41) is 9.30. The number of hydrogen-bond donors (Lipinski definition) is 3. The van der Waals surface area contributed by atoms with Gasteiger partial charge in [-0.3, -0.25) is 5.43 Å². The van der Waals surface area contributed by atoms with Crippen LogP contribution in [0.3, 0.4) is 0 Å². The maximum Gasteiger partial charge on any atom is 0.119 e.